The topological polar surface area (TPSA) is 52.1 Å². The summed E-state index contributed by atoms with van der Waals surface area (Å²) < 4.78 is 10.1. The van der Waals surface area contributed by atoms with Crippen LogP contribution in [-0.2, 0) is 0 Å². The van der Waals surface area contributed by atoms with E-state index in [1.54, 1.807) is 12.5 Å². The fourth-order valence-electron chi connectivity index (χ4n) is 1.75. The van der Waals surface area contributed by atoms with E-state index in [-0.39, 0.29) is 0 Å². The summed E-state index contributed by atoms with van der Waals surface area (Å²) in [7, 11) is 0. The zero-order valence-electron chi connectivity index (χ0n) is 10.6. The zero-order valence-corrected chi connectivity index (χ0v) is 10.6. The Balaban J connectivity index is 0.000000123. The number of aromatic nitrogens is 2. The molecule has 0 unspecified atom stereocenters. The van der Waals surface area contributed by atoms with Gasteiger partial charge >= 0.3 is 0 Å². The van der Waals surface area contributed by atoms with Crippen molar-refractivity contribution in [3.63, 3.8) is 0 Å². The van der Waals surface area contributed by atoms with Gasteiger partial charge in [0, 0.05) is 5.56 Å². The van der Waals surface area contributed by atoms with Crippen LogP contribution in [-0.4, -0.2) is 9.97 Å². The van der Waals surface area contributed by atoms with Crippen LogP contribution in [0.2, 0.25) is 0 Å². The fourth-order valence-corrected chi connectivity index (χ4v) is 1.75. The predicted octanol–water partition coefficient (Wildman–Crippen LogP) is 4.17. The minimum absolute atomic E-state index is 0.672. The van der Waals surface area contributed by atoms with Crippen molar-refractivity contribution in [3.05, 3.63) is 73.5 Å². The van der Waals surface area contributed by atoms with Crippen molar-refractivity contribution < 1.29 is 8.83 Å². The Morgan fingerprint density at radius 2 is 1.55 bits per heavy atom. The summed E-state index contributed by atoms with van der Waals surface area (Å²) in [5.74, 6) is 0.672. The van der Waals surface area contributed by atoms with Gasteiger partial charge < -0.3 is 8.83 Å². The molecule has 20 heavy (non-hydrogen) atoms. The predicted molar refractivity (Wildman–Crippen MR) is 75.9 cm³/mol. The zero-order chi connectivity index (χ0) is 13.6. The molecule has 0 saturated carbocycles. The molecule has 98 valence electrons. The number of oxazole rings is 2. The monoisotopic (exact) mass is 264 g/mol. The van der Waals surface area contributed by atoms with Gasteiger partial charge in [0.05, 0.1) is 6.20 Å². The third-order valence-electron chi connectivity index (χ3n) is 2.69. The van der Waals surface area contributed by atoms with E-state index >= 15 is 0 Å². The Morgan fingerprint density at radius 3 is 2.30 bits per heavy atom. The highest BCUT2D eigenvalue weighted by molar-refractivity contribution is 5.71. The first-order valence-corrected chi connectivity index (χ1v) is 6.16. The summed E-state index contributed by atoms with van der Waals surface area (Å²) in [6, 6.07) is 17.5. The normalized spacial score (nSPS) is 10.0. The van der Waals surface area contributed by atoms with Gasteiger partial charge in [0.25, 0.3) is 0 Å². The number of benzene rings is 2. The SMILES string of the molecule is c1ccc(-c2ncco2)cc1.c1ccc2ocnc2c1. The standard InChI is InChI=1S/C9H7NO.C7H5NO/c1-2-4-8(5-3-1)9-10-6-7-11-9;1-2-4-7-6(3-1)8-5-9-7/h1-7H;1-5H. The Morgan fingerprint density at radius 1 is 0.750 bits per heavy atom. The number of rotatable bonds is 1. The second-order valence-electron chi connectivity index (χ2n) is 4.02. The third kappa shape index (κ3) is 2.75. The van der Waals surface area contributed by atoms with Crippen molar-refractivity contribution >= 4 is 11.1 Å². The molecule has 4 aromatic rings. The maximum Gasteiger partial charge on any atom is 0.225 e. The molecule has 2 aromatic heterocycles. The number of nitrogens with zero attached hydrogens (tertiary/aromatic N) is 2. The molecular formula is C16H12N2O2. The van der Waals surface area contributed by atoms with Crippen molar-refractivity contribution in [3.8, 4) is 11.5 Å². The summed E-state index contributed by atoms with van der Waals surface area (Å²) >= 11 is 0. The molecule has 0 aliphatic rings. The van der Waals surface area contributed by atoms with Gasteiger partial charge in [0.15, 0.2) is 12.0 Å². The summed E-state index contributed by atoms with van der Waals surface area (Å²) in [6.07, 6.45) is 4.66. The minimum atomic E-state index is 0.672. The Labute approximate surface area is 115 Å². The van der Waals surface area contributed by atoms with E-state index in [4.69, 9.17) is 8.83 Å². The van der Waals surface area contributed by atoms with E-state index < -0.39 is 0 Å². The van der Waals surface area contributed by atoms with Crippen LogP contribution in [0.25, 0.3) is 22.6 Å². The highest BCUT2D eigenvalue weighted by Crippen LogP contribution is 2.14. The molecule has 4 nitrogen and oxygen atoms in total. The summed E-state index contributed by atoms with van der Waals surface area (Å²) in [5, 5.41) is 0. The van der Waals surface area contributed by atoms with Crippen molar-refractivity contribution in [2.45, 2.75) is 0 Å². The summed E-state index contributed by atoms with van der Waals surface area (Å²) in [5.41, 5.74) is 2.77. The molecule has 0 N–H and O–H groups in total. The van der Waals surface area contributed by atoms with Crippen molar-refractivity contribution in [2.75, 3.05) is 0 Å². The van der Waals surface area contributed by atoms with Gasteiger partial charge in [-0.05, 0) is 24.3 Å². The van der Waals surface area contributed by atoms with Gasteiger partial charge in [-0.3, -0.25) is 0 Å². The maximum atomic E-state index is 5.11. The lowest BCUT2D eigenvalue weighted by Gasteiger charge is -1.91. The maximum absolute atomic E-state index is 5.11. The van der Waals surface area contributed by atoms with Gasteiger partial charge in [0.1, 0.15) is 11.8 Å². The molecule has 0 bridgehead atoms. The molecule has 0 atom stereocenters. The van der Waals surface area contributed by atoms with Crippen LogP contribution in [0.5, 0.6) is 0 Å². The van der Waals surface area contributed by atoms with Gasteiger partial charge in [-0.1, -0.05) is 30.3 Å². The molecule has 0 aliphatic heterocycles. The lowest BCUT2D eigenvalue weighted by atomic mass is 10.2. The van der Waals surface area contributed by atoms with Crippen LogP contribution in [0.4, 0.5) is 0 Å². The summed E-state index contributed by atoms with van der Waals surface area (Å²) in [6.45, 7) is 0. The molecule has 0 saturated heterocycles. The molecule has 0 spiro atoms. The molecule has 2 aromatic carbocycles. The number of para-hydroxylation sites is 2. The average Bonchev–Trinajstić information content (AvgIpc) is 3.20. The van der Waals surface area contributed by atoms with Crippen LogP contribution >= 0.6 is 0 Å². The van der Waals surface area contributed by atoms with Gasteiger partial charge in [0.2, 0.25) is 5.89 Å². The smallest absolute Gasteiger partial charge is 0.225 e. The van der Waals surface area contributed by atoms with Crippen LogP contribution in [0.1, 0.15) is 0 Å². The van der Waals surface area contributed by atoms with E-state index in [2.05, 4.69) is 9.97 Å². The fraction of sp³-hybridized carbons (Fsp3) is 0. The van der Waals surface area contributed by atoms with E-state index in [0.29, 0.717) is 5.89 Å². The average molecular weight is 264 g/mol. The highest BCUT2D eigenvalue weighted by Gasteiger charge is 1.97. The van der Waals surface area contributed by atoms with Crippen molar-refractivity contribution in [1.29, 1.82) is 0 Å². The lowest BCUT2D eigenvalue weighted by Crippen LogP contribution is -1.73. The number of hydrogen-bond donors (Lipinski definition) is 0. The first kappa shape index (κ1) is 12.2. The van der Waals surface area contributed by atoms with Crippen LogP contribution in [0.3, 0.4) is 0 Å². The Kier molecular flexibility index (Phi) is 3.55. The molecule has 0 fully saturated rings. The van der Waals surface area contributed by atoms with Gasteiger partial charge in [-0.25, -0.2) is 9.97 Å². The first-order chi connectivity index (χ1) is 9.93. The van der Waals surface area contributed by atoms with E-state index in [1.807, 2.05) is 54.6 Å². The van der Waals surface area contributed by atoms with Crippen LogP contribution < -0.4 is 0 Å². The molecule has 0 amide bonds. The first-order valence-electron chi connectivity index (χ1n) is 6.16. The lowest BCUT2D eigenvalue weighted by molar-refractivity contribution is 0.574. The Bertz CT molecular complexity index is 731. The van der Waals surface area contributed by atoms with Gasteiger partial charge in [-0.2, -0.15) is 0 Å². The van der Waals surface area contributed by atoms with Crippen LogP contribution in [0.15, 0.2) is 82.3 Å². The van der Waals surface area contributed by atoms with Crippen LogP contribution in [0, 0.1) is 0 Å². The second kappa shape index (κ2) is 5.84. The van der Waals surface area contributed by atoms with E-state index in [0.717, 1.165) is 16.7 Å². The number of fused-ring (bicyclic) bond motifs is 1. The molecule has 4 rings (SSSR count). The quantitative estimate of drug-likeness (QED) is 0.517. The highest BCUT2D eigenvalue weighted by atomic mass is 16.3. The second-order valence-corrected chi connectivity index (χ2v) is 4.02. The van der Waals surface area contributed by atoms with Crippen molar-refractivity contribution in [1.82, 2.24) is 9.97 Å². The van der Waals surface area contributed by atoms with E-state index in [1.165, 1.54) is 6.39 Å². The summed E-state index contributed by atoms with van der Waals surface area (Å²) in [4.78, 5) is 7.97. The molecule has 0 radical (unpaired) electrons. The van der Waals surface area contributed by atoms with E-state index in [9.17, 15) is 0 Å². The van der Waals surface area contributed by atoms with Gasteiger partial charge in [-0.15, -0.1) is 0 Å². The number of hydrogen-bond acceptors (Lipinski definition) is 4. The van der Waals surface area contributed by atoms with Crippen molar-refractivity contribution in [2.24, 2.45) is 0 Å². The third-order valence-corrected chi connectivity index (χ3v) is 2.69. The molecule has 4 heteroatoms. The minimum Gasteiger partial charge on any atom is -0.445 e. The Hall–Kier alpha value is -2.88. The molecular weight excluding hydrogens is 252 g/mol. The largest absolute Gasteiger partial charge is 0.445 e. The molecule has 0 aliphatic carbocycles. The molecule has 2 heterocycles.